The van der Waals surface area contributed by atoms with Crippen molar-refractivity contribution < 1.29 is 0 Å². The molecule has 0 aliphatic carbocycles. The summed E-state index contributed by atoms with van der Waals surface area (Å²) >= 11 is 0. The molecule has 0 aromatic carbocycles. The molecule has 0 aliphatic rings. The highest BCUT2D eigenvalue weighted by atomic mass is 15.3. The molecule has 0 fully saturated rings. The van der Waals surface area contributed by atoms with Crippen molar-refractivity contribution in [3.63, 3.8) is 0 Å². The van der Waals surface area contributed by atoms with Gasteiger partial charge >= 0.3 is 0 Å². The lowest BCUT2D eigenvalue weighted by molar-refractivity contribution is 0.660. The minimum absolute atomic E-state index is 0.770. The van der Waals surface area contributed by atoms with Gasteiger partial charge in [0.25, 0.3) is 0 Å². The highest BCUT2D eigenvalue weighted by molar-refractivity contribution is 5.38. The molecule has 2 rings (SSSR count). The van der Waals surface area contributed by atoms with Crippen molar-refractivity contribution in [2.45, 2.75) is 20.0 Å². The number of imidazole rings is 1. The molecule has 0 amide bonds. The lowest BCUT2D eigenvalue weighted by atomic mass is 10.4. The Hall–Kier alpha value is -1.78. The molecule has 0 saturated carbocycles. The van der Waals surface area contributed by atoms with Gasteiger partial charge in [0.15, 0.2) is 0 Å². The van der Waals surface area contributed by atoms with Crippen LogP contribution in [0, 0.1) is 0 Å². The highest BCUT2D eigenvalue weighted by Crippen LogP contribution is 2.07. The van der Waals surface area contributed by atoms with Crippen molar-refractivity contribution in [1.82, 2.24) is 19.3 Å². The zero-order chi connectivity index (χ0) is 10.7. The lowest BCUT2D eigenvalue weighted by Gasteiger charge is -2.03. The van der Waals surface area contributed by atoms with E-state index in [4.69, 9.17) is 0 Å². The fraction of sp³-hybridized carbons (Fsp3) is 0.400. The molecular weight excluding hydrogens is 190 g/mol. The van der Waals surface area contributed by atoms with E-state index in [1.165, 1.54) is 0 Å². The second-order valence-electron chi connectivity index (χ2n) is 3.43. The van der Waals surface area contributed by atoms with Crippen LogP contribution in [0.4, 0.5) is 5.69 Å². The molecule has 2 aromatic rings. The summed E-state index contributed by atoms with van der Waals surface area (Å²) in [4.78, 5) is 4.06. The van der Waals surface area contributed by atoms with Gasteiger partial charge in [0, 0.05) is 26.0 Å². The molecule has 5 nitrogen and oxygen atoms in total. The number of nitrogens with one attached hydrogen (secondary N) is 1. The lowest BCUT2D eigenvalue weighted by Crippen LogP contribution is -2.03. The van der Waals surface area contributed by atoms with Crippen LogP contribution in [0.25, 0.3) is 0 Å². The zero-order valence-corrected chi connectivity index (χ0v) is 9.01. The standard InChI is InChI=1S/C10H15N5/c1-3-15-7-9(4-13-15)12-6-10-5-11-8-14(10)2/h4-5,7-8,12H,3,6H2,1-2H3. The van der Waals surface area contributed by atoms with Crippen molar-refractivity contribution in [3.05, 3.63) is 30.6 Å². The van der Waals surface area contributed by atoms with E-state index in [-0.39, 0.29) is 0 Å². The molecule has 15 heavy (non-hydrogen) atoms. The van der Waals surface area contributed by atoms with Gasteiger partial charge in [0.2, 0.25) is 0 Å². The molecule has 0 unspecified atom stereocenters. The second kappa shape index (κ2) is 4.16. The highest BCUT2D eigenvalue weighted by Gasteiger charge is 1.99. The van der Waals surface area contributed by atoms with Crippen LogP contribution in [-0.4, -0.2) is 19.3 Å². The van der Waals surface area contributed by atoms with E-state index in [1.54, 1.807) is 6.33 Å². The van der Waals surface area contributed by atoms with Crippen LogP contribution < -0.4 is 5.32 Å². The largest absolute Gasteiger partial charge is 0.377 e. The Morgan fingerprint density at radius 1 is 1.40 bits per heavy atom. The van der Waals surface area contributed by atoms with Crippen molar-refractivity contribution >= 4 is 5.69 Å². The SMILES string of the molecule is CCn1cc(NCc2cncn2C)cn1. The molecule has 0 bridgehead atoms. The number of hydrogen-bond donors (Lipinski definition) is 1. The molecule has 0 atom stereocenters. The summed E-state index contributed by atoms with van der Waals surface area (Å²) in [7, 11) is 1.99. The first-order valence-corrected chi connectivity index (χ1v) is 5.01. The van der Waals surface area contributed by atoms with Crippen LogP contribution in [0.2, 0.25) is 0 Å². The normalized spacial score (nSPS) is 10.5. The molecule has 5 heteroatoms. The van der Waals surface area contributed by atoms with Crippen LogP contribution in [0.3, 0.4) is 0 Å². The average molecular weight is 205 g/mol. The molecule has 0 spiro atoms. The van der Waals surface area contributed by atoms with Gasteiger partial charge in [0.1, 0.15) is 0 Å². The summed E-state index contributed by atoms with van der Waals surface area (Å²) in [5.41, 5.74) is 2.19. The monoisotopic (exact) mass is 205 g/mol. The molecule has 2 aromatic heterocycles. The quantitative estimate of drug-likeness (QED) is 0.817. The van der Waals surface area contributed by atoms with Crippen molar-refractivity contribution in [3.8, 4) is 0 Å². The fourth-order valence-electron chi connectivity index (χ4n) is 1.38. The van der Waals surface area contributed by atoms with Crippen LogP contribution in [0.15, 0.2) is 24.9 Å². The van der Waals surface area contributed by atoms with Crippen LogP contribution >= 0.6 is 0 Å². The third-order valence-electron chi connectivity index (χ3n) is 2.35. The van der Waals surface area contributed by atoms with Gasteiger partial charge in [-0.05, 0) is 6.92 Å². The minimum Gasteiger partial charge on any atom is -0.377 e. The Bertz CT molecular complexity index is 428. The third-order valence-corrected chi connectivity index (χ3v) is 2.35. The van der Waals surface area contributed by atoms with E-state index < -0.39 is 0 Å². The maximum Gasteiger partial charge on any atom is 0.0946 e. The third kappa shape index (κ3) is 2.18. The summed E-state index contributed by atoms with van der Waals surface area (Å²) in [5, 5.41) is 7.49. The van der Waals surface area contributed by atoms with Gasteiger partial charge in [-0.3, -0.25) is 4.68 Å². The summed E-state index contributed by atoms with van der Waals surface area (Å²) in [6.45, 7) is 3.73. The molecular formula is C10H15N5. The topological polar surface area (TPSA) is 47.7 Å². The van der Waals surface area contributed by atoms with E-state index in [2.05, 4.69) is 22.3 Å². The van der Waals surface area contributed by atoms with Gasteiger partial charge in [0.05, 0.1) is 30.5 Å². The first-order valence-electron chi connectivity index (χ1n) is 5.01. The fourth-order valence-corrected chi connectivity index (χ4v) is 1.38. The Morgan fingerprint density at radius 2 is 2.27 bits per heavy atom. The van der Waals surface area contributed by atoms with Crippen LogP contribution in [-0.2, 0) is 20.1 Å². The van der Waals surface area contributed by atoms with E-state index in [0.29, 0.717) is 0 Å². The Labute approximate surface area is 88.7 Å². The molecule has 80 valence electrons. The Balaban J connectivity index is 1.96. The summed E-state index contributed by atoms with van der Waals surface area (Å²) in [5.74, 6) is 0. The van der Waals surface area contributed by atoms with E-state index in [1.807, 2.05) is 34.9 Å². The number of anilines is 1. The van der Waals surface area contributed by atoms with E-state index in [9.17, 15) is 0 Å². The van der Waals surface area contributed by atoms with Gasteiger partial charge in [-0.15, -0.1) is 0 Å². The van der Waals surface area contributed by atoms with E-state index in [0.717, 1.165) is 24.5 Å². The zero-order valence-electron chi connectivity index (χ0n) is 9.01. The first kappa shape index (κ1) is 9.76. The van der Waals surface area contributed by atoms with Crippen molar-refractivity contribution in [1.29, 1.82) is 0 Å². The molecule has 2 heterocycles. The molecule has 0 radical (unpaired) electrons. The maximum atomic E-state index is 4.19. The number of aryl methyl sites for hydroxylation is 2. The Morgan fingerprint density at radius 3 is 2.87 bits per heavy atom. The second-order valence-corrected chi connectivity index (χ2v) is 3.43. The predicted molar refractivity (Wildman–Crippen MR) is 58.4 cm³/mol. The number of aromatic nitrogens is 4. The maximum absolute atomic E-state index is 4.19. The van der Waals surface area contributed by atoms with Crippen LogP contribution in [0.5, 0.6) is 0 Å². The summed E-state index contributed by atoms with van der Waals surface area (Å²) in [6.07, 6.45) is 7.49. The Kier molecular flexibility index (Phi) is 2.71. The molecule has 0 aliphatic heterocycles. The van der Waals surface area contributed by atoms with Crippen molar-refractivity contribution in [2.24, 2.45) is 7.05 Å². The number of rotatable bonds is 4. The number of nitrogens with zero attached hydrogens (tertiary/aromatic N) is 4. The van der Waals surface area contributed by atoms with Crippen LogP contribution in [0.1, 0.15) is 12.6 Å². The van der Waals surface area contributed by atoms with Crippen molar-refractivity contribution in [2.75, 3.05) is 5.32 Å². The van der Waals surface area contributed by atoms with Gasteiger partial charge in [-0.25, -0.2) is 4.98 Å². The molecule has 0 saturated heterocycles. The van der Waals surface area contributed by atoms with Gasteiger partial charge in [-0.1, -0.05) is 0 Å². The van der Waals surface area contributed by atoms with E-state index >= 15 is 0 Å². The smallest absolute Gasteiger partial charge is 0.0946 e. The first-order chi connectivity index (χ1) is 7.29. The van der Waals surface area contributed by atoms with Gasteiger partial charge < -0.3 is 9.88 Å². The predicted octanol–water partition coefficient (Wildman–Crippen LogP) is 1.25. The number of hydrogen-bond acceptors (Lipinski definition) is 3. The van der Waals surface area contributed by atoms with Gasteiger partial charge in [-0.2, -0.15) is 5.10 Å². The summed E-state index contributed by atoms with van der Waals surface area (Å²) < 4.78 is 3.89. The molecule has 1 N–H and O–H groups in total. The average Bonchev–Trinajstić information content (AvgIpc) is 2.84. The minimum atomic E-state index is 0.770. The summed E-state index contributed by atoms with van der Waals surface area (Å²) in [6, 6.07) is 0.